The highest BCUT2D eigenvalue weighted by molar-refractivity contribution is 9.10. The van der Waals surface area contributed by atoms with Crippen LogP contribution in [-0.2, 0) is 6.54 Å². The van der Waals surface area contributed by atoms with Gasteiger partial charge >= 0.3 is 5.00 Å². The summed E-state index contributed by atoms with van der Waals surface area (Å²) in [6.07, 6.45) is 0. The zero-order chi connectivity index (χ0) is 13.8. The zero-order valence-corrected chi connectivity index (χ0v) is 12.7. The quantitative estimate of drug-likeness (QED) is 0.653. The number of nitrogens with zero attached hydrogens (tertiary/aromatic N) is 1. The van der Waals surface area contributed by atoms with Crippen LogP contribution in [0.15, 0.2) is 40.2 Å². The fraction of sp³-hybridized carbons (Fsp3) is 0.231. The van der Waals surface area contributed by atoms with E-state index in [2.05, 4.69) is 40.3 Å². The van der Waals surface area contributed by atoms with E-state index in [-0.39, 0.29) is 16.0 Å². The fourth-order valence-corrected chi connectivity index (χ4v) is 2.68. The van der Waals surface area contributed by atoms with Gasteiger partial charge < -0.3 is 5.32 Å². The summed E-state index contributed by atoms with van der Waals surface area (Å²) in [7, 11) is 0. The lowest BCUT2D eigenvalue weighted by atomic mass is 10.1. The van der Waals surface area contributed by atoms with Crippen molar-refractivity contribution < 1.29 is 4.92 Å². The largest absolute Gasteiger partial charge is 0.324 e. The SMILES string of the molecule is C[C@H](NCc1csc([N+](=O)[O-])c1)c1ccc(Br)cc1. The van der Waals surface area contributed by atoms with Crippen molar-refractivity contribution in [1.29, 1.82) is 0 Å². The number of hydrogen-bond donors (Lipinski definition) is 1. The molecule has 100 valence electrons. The zero-order valence-electron chi connectivity index (χ0n) is 10.3. The molecule has 1 atom stereocenters. The summed E-state index contributed by atoms with van der Waals surface area (Å²) in [6, 6.07) is 9.93. The smallest absolute Gasteiger partial charge is 0.306 e. The first-order chi connectivity index (χ1) is 9.06. The molecule has 1 aromatic carbocycles. The number of rotatable bonds is 5. The van der Waals surface area contributed by atoms with Gasteiger partial charge in [0.1, 0.15) is 0 Å². The van der Waals surface area contributed by atoms with Crippen LogP contribution in [-0.4, -0.2) is 4.92 Å². The molecule has 0 saturated heterocycles. The normalized spacial score (nSPS) is 12.3. The molecule has 0 unspecified atom stereocenters. The van der Waals surface area contributed by atoms with Gasteiger partial charge in [-0.3, -0.25) is 10.1 Å². The van der Waals surface area contributed by atoms with Crippen LogP contribution in [0.1, 0.15) is 24.1 Å². The molecule has 0 amide bonds. The minimum Gasteiger partial charge on any atom is -0.306 e. The maximum atomic E-state index is 10.6. The van der Waals surface area contributed by atoms with Crippen molar-refractivity contribution in [2.24, 2.45) is 0 Å². The van der Waals surface area contributed by atoms with E-state index in [9.17, 15) is 10.1 Å². The third kappa shape index (κ3) is 3.86. The van der Waals surface area contributed by atoms with E-state index in [1.165, 1.54) is 5.56 Å². The molecule has 1 aromatic heterocycles. The number of nitro groups is 1. The molecule has 6 heteroatoms. The summed E-state index contributed by atoms with van der Waals surface area (Å²) >= 11 is 4.57. The topological polar surface area (TPSA) is 55.2 Å². The molecular formula is C13H13BrN2O2S. The van der Waals surface area contributed by atoms with Crippen molar-refractivity contribution in [3.8, 4) is 0 Å². The van der Waals surface area contributed by atoms with Gasteiger partial charge in [-0.15, -0.1) is 0 Å². The van der Waals surface area contributed by atoms with Gasteiger partial charge in [-0.2, -0.15) is 0 Å². The molecule has 0 fully saturated rings. The second kappa shape index (κ2) is 6.27. The van der Waals surface area contributed by atoms with Gasteiger partial charge in [0.05, 0.1) is 4.92 Å². The summed E-state index contributed by atoms with van der Waals surface area (Å²) in [5, 5.41) is 16.0. The minimum atomic E-state index is -0.355. The fourth-order valence-electron chi connectivity index (χ4n) is 1.69. The van der Waals surface area contributed by atoms with Crippen molar-refractivity contribution in [3.63, 3.8) is 0 Å². The summed E-state index contributed by atoms with van der Waals surface area (Å²) in [6.45, 7) is 2.70. The standard InChI is InChI=1S/C13H13BrN2O2S/c1-9(11-2-4-12(14)5-3-11)15-7-10-6-13(16(17)18)19-8-10/h2-6,8-9,15H,7H2,1H3/t9-/m0/s1. The Morgan fingerprint density at radius 2 is 2.11 bits per heavy atom. The van der Waals surface area contributed by atoms with Crippen LogP contribution in [0.3, 0.4) is 0 Å². The highest BCUT2D eigenvalue weighted by Gasteiger charge is 2.10. The molecule has 0 radical (unpaired) electrons. The summed E-state index contributed by atoms with van der Waals surface area (Å²) in [5.41, 5.74) is 2.13. The van der Waals surface area contributed by atoms with E-state index in [1.807, 2.05) is 17.5 Å². The number of thiophene rings is 1. The molecule has 0 bridgehead atoms. The monoisotopic (exact) mass is 340 g/mol. The van der Waals surface area contributed by atoms with Crippen molar-refractivity contribution >= 4 is 32.3 Å². The molecule has 0 aliphatic carbocycles. The van der Waals surface area contributed by atoms with Crippen LogP contribution < -0.4 is 5.32 Å². The van der Waals surface area contributed by atoms with E-state index >= 15 is 0 Å². The molecule has 4 nitrogen and oxygen atoms in total. The first-order valence-electron chi connectivity index (χ1n) is 5.77. The lowest BCUT2D eigenvalue weighted by Gasteiger charge is -2.13. The van der Waals surface area contributed by atoms with Crippen molar-refractivity contribution in [3.05, 3.63) is 61.4 Å². The van der Waals surface area contributed by atoms with Crippen molar-refractivity contribution in [2.75, 3.05) is 0 Å². The van der Waals surface area contributed by atoms with Gasteiger partial charge in [0, 0.05) is 28.5 Å². The highest BCUT2D eigenvalue weighted by Crippen LogP contribution is 2.23. The Morgan fingerprint density at radius 1 is 1.42 bits per heavy atom. The van der Waals surface area contributed by atoms with Gasteiger partial charge in [0.2, 0.25) is 0 Å². The second-order valence-electron chi connectivity index (χ2n) is 4.20. The van der Waals surface area contributed by atoms with Crippen LogP contribution in [0.4, 0.5) is 5.00 Å². The molecule has 19 heavy (non-hydrogen) atoms. The first-order valence-corrected chi connectivity index (χ1v) is 7.44. The number of nitrogens with one attached hydrogen (secondary N) is 1. The molecule has 0 spiro atoms. The van der Waals surface area contributed by atoms with Crippen molar-refractivity contribution in [2.45, 2.75) is 19.5 Å². The molecule has 1 N–H and O–H groups in total. The van der Waals surface area contributed by atoms with E-state index in [0.717, 1.165) is 21.4 Å². The predicted octanol–water partition coefficient (Wildman–Crippen LogP) is 4.27. The van der Waals surface area contributed by atoms with Gasteiger partial charge in [0.25, 0.3) is 0 Å². The van der Waals surface area contributed by atoms with E-state index < -0.39 is 0 Å². The van der Waals surface area contributed by atoms with Crippen LogP contribution >= 0.6 is 27.3 Å². The summed E-state index contributed by atoms with van der Waals surface area (Å²) in [5.74, 6) is 0. The summed E-state index contributed by atoms with van der Waals surface area (Å²) in [4.78, 5) is 10.2. The highest BCUT2D eigenvalue weighted by atomic mass is 79.9. The second-order valence-corrected chi connectivity index (χ2v) is 6.01. The first kappa shape index (κ1) is 14.2. The lowest BCUT2D eigenvalue weighted by Crippen LogP contribution is -2.17. The Kier molecular flexibility index (Phi) is 4.68. The molecule has 0 aliphatic heterocycles. The van der Waals surface area contributed by atoms with Gasteiger partial charge in [-0.05, 0) is 30.2 Å². The van der Waals surface area contributed by atoms with E-state index in [4.69, 9.17) is 0 Å². The molecule has 1 heterocycles. The minimum absolute atomic E-state index is 0.188. The van der Waals surface area contributed by atoms with Crippen LogP contribution in [0.25, 0.3) is 0 Å². The van der Waals surface area contributed by atoms with Gasteiger partial charge in [-0.25, -0.2) is 0 Å². The van der Waals surface area contributed by atoms with Crippen LogP contribution in [0.5, 0.6) is 0 Å². The average molecular weight is 341 g/mol. The number of halogens is 1. The molecule has 2 rings (SSSR count). The Bertz CT molecular complexity index is 568. The predicted molar refractivity (Wildman–Crippen MR) is 80.4 cm³/mol. The average Bonchev–Trinajstić information content (AvgIpc) is 2.86. The Morgan fingerprint density at radius 3 is 2.68 bits per heavy atom. The molecule has 0 saturated carbocycles. The Labute approximate surface area is 123 Å². The Hall–Kier alpha value is -1.24. The Balaban J connectivity index is 1.94. The molecule has 0 aliphatic rings. The summed E-state index contributed by atoms with van der Waals surface area (Å²) < 4.78 is 1.05. The lowest BCUT2D eigenvalue weighted by molar-refractivity contribution is -0.380. The maximum absolute atomic E-state index is 10.6. The number of benzene rings is 1. The van der Waals surface area contributed by atoms with Gasteiger partial charge in [-0.1, -0.05) is 39.4 Å². The maximum Gasteiger partial charge on any atom is 0.324 e. The van der Waals surface area contributed by atoms with Crippen molar-refractivity contribution in [1.82, 2.24) is 5.32 Å². The van der Waals surface area contributed by atoms with E-state index in [0.29, 0.717) is 6.54 Å². The van der Waals surface area contributed by atoms with Crippen LogP contribution in [0, 0.1) is 10.1 Å². The third-order valence-electron chi connectivity index (χ3n) is 2.80. The number of hydrogen-bond acceptors (Lipinski definition) is 4. The van der Waals surface area contributed by atoms with E-state index in [1.54, 1.807) is 6.07 Å². The van der Waals surface area contributed by atoms with Crippen LogP contribution in [0.2, 0.25) is 0 Å². The van der Waals surface area contributed by atoms with Gasteiger partial charge in [0.15, 0.2) is 0 Å². The molecular weight excluding hydrogens is 328 g/mol. The third-order valence-corrected chi connectivity index (χ3v) is 4.26. The molecule has 2 aromatic rings.